The van der Waals surface area contributed by atoms with Crippen molar-refractivity contribution in [1.82, 2.24) is 0 Å². The fraction of sp³-hybridized carbons (Fsp3) is 0.188. The van der Waals surface area contributed by atoms with Crippen molar-refractivity contribution in [2.75, 3.05) is 7.11 Å². The number of Topliss-reactive ketones (excluding diaryl/α,β-unsaturated/α-hetero) is 1. The molecular formula is C16H16O2. The molecule has 2 nitrogen and oxygen atoms in total. The summed E-state index contributed by atoms with van der Waals surface area (Å²) in [5, 5.41) is 0. The molecule has 0 N–H and O–H groups in total. The van der Waals surface area contributed by atoms with E-state index in [0.29, 0.717) is 0 Å². The lowest BCUT2D eigenvalue weighted by molar-refractivity contribution is 0.101. The molecule has 0 fully saturated rings. The summed E-state index contributed by atoms with van der Waals surface area (Å²) >= 11 is 0. The number of hydrogen-bond acceptors (Lipinski definition) is 2. The lowest BCUT2D eigenvalue weighted by atomic mass is 9.98. The second-order valence-electron chi connectivity index (χ2n) is 4.32. The minimum absolute atomic E-state index is 0.0861. The average Bonchev–Trinajstić information content (AvgIpc) is 2.38. The zero-order valence-corrected chi connectivity index (χ0v) is 10.9. The molecule has 0 unspecified atom stereocenters. The van der Waals surface area contributed by atoms with Gasteiger partial charge in [0.1, 0.15) is 5.75 Å². The molecule has 0 aliphatic rings. The van der Waals surface area contributed by atoms with Gasteiger partial charge in [-0.2, -0.15) is 0 Å². The molecule has 0 aliphatic carbocycles. The molecule has 92 valence electrons. The Kier molecular flexibility index (Phi) is 3.47. The van der Waals surface area contributed by atoms with Crippen molar-refractivity contribution in [1.29, 1.82) is 0 Å². The van der Waals surface area contributed by atoms with E-state index in [-0.39, 0.29) is 5.78 Å². The van der Waals surface area contributed by atoms with Crippen LogP contribution in [0.4, 0.5) is 0 Å². The lowest BCUT2D eigenvalue weighted by Crippen LogP contribution is -1.93. The van der Waals surface area contributed by atoms with Gasteiger partial charge in [-0.25, -0.2) is 0 Å². The standard InChI is InChI=1S/C16H16O2/c1-11-9-15(18-3)7-8-16(11)14-6-4-5-13(10-14)12(2)17/h4-10H,1-3H3. The Hall–Kier alpha value is -2.09. The number of hydrogen-bond donors (Lipinski definition) is 0. The second-order valence-corrected chi connectivity index (χ2v) is 4.32. The van der Waals surface area contributed by atoms with Crippen LogP contribution in [-0.4, -0.2) is 12.9 Å². The summed E-state index contributed by atoms with van der Waals surface area (Å²) in [6.45, 7) is 3.62. The lowest BCUT2D eigenvalue weighted by Gasteiger charge is -2.09. The first kappa shape index (κ1) is 12.4. The molecule has 2 aromatic carbocycles. The van der Waals surface area contributed by atoms with Gasteiger partial charge in [0.05, 0.1) is 7.11 Å². The molecule has 0 aromatic heterocycles. The van der Waals surface area contributed by atoms with E-state index in [1.807, 2.05) is 49.4 Å². The first-order valence-electron chi connectivity index (χ1n) is 5.88. The van der Waals surface area contributed by atoms with E-state index in [0.717, 1.165) is 28.0 Å². The maximum Gasteiger partial charge on any atom is 0.159 e. The van der Waals surface area contributed by atoms with E-state index in [4.69, 9.17) is 4.74 Å². The minimum Gasteiger partial charge on any atom is -0.497 e. The van der Waals surface area contributed by atoms with E-state index < -0.39 is 0 Å². The van der Waals surface area contributed by atoms with Gasteiger partial charge in [0, 0.05) is 5.56 Å². The molecule has 0 saturated heterocycles. The van der Waals surface area contributed by atoms with Crippen LogP contribution in [0.5, 0.6) is 5.75 Å². The van der Waals surface area contributed by atoms with Gasteiger partial charge < -0.3 is 4.74 Å². The Morgan fingerprint density at radius 3 is 2.50 bits per heavy atom. The average molecular weight is 240 g/mol. The van der Waals surface area contributed by atoms with E-state index in [1.165, 1.54) is 0 Å². The van der Waals surface area contributed by atoms with Crippen molar-refractivity contribution in [2.45, 2.75) is 13.8 Å². The molecular weight excluding hydrogens is 224 g/mol. The largest absolute Gasteiger partial charge is 0.497 e. The fourth-order valence-electron chi connectivity index (χ4n) is 1.99. The predicted molar refractivity (Wildman–Crippen MR) is 73.2 cm³/mol. The maximum absolute atomic E-state index is 11.4. The number of rotatable bonds is 3. The van der Waals surface area contributed by atoms with E-state index in [2.05, 4.69) is 0 Å². The topological polar surface area (TPSA) is 26.3 Å². The Balaban J connectivity index is 2.48. The Bertz CT molecular complexity index is 585. The van der Waals surface area contributed by atoms with E-state index in [1.54, 1.807) is 14.0 Å². The molecule has 0 heterocycles. The van der Waals surface area contributed by atoms with Gasteiger partial charge in [0.2, 0.25) is 0 Å². The molecule has 2 aromatic rings. The van der Waals surface area contributed by atoms with Crippen LogP contribution in [0.15, 0.2) is 42.5 Å². The summed E-state index contributed by atoms with van der Waals surface area (Å²) in [6, 6.07) is 13.6. The molecule has 0 aliphatic heterocycles. The second kappa shape index (κ2) is 5.05. The highest BCUT2D eigenvalue weighted by Crippen LogP contribution is 2.27. The molecule has 0 bridgehead atoms. The number of aryl methyl sites for hydroxylation is 1. The molecule has 0 atom stereocenters. The number of ketones is 1. The molecule has 0 saturated carbocycles. The highest BCUT2D eigenvalue weighted by Gasteiger charge is 2.06. The summed E-state index contributed by atoms with van der Waals surface area (Å²) in [5.41, 5.74) is 4.06. The van der Waals surface area contributed by atoms with Crippen LogP contribution < -0.4 is 4.74 Å². The summed E-state index contributed by atoms with van der Waals surface area (Å²) in [6.07, 6.45) is 0. The Labute approximate surface area is 107 Å². The van der Waals surface area contributed by atoms with Crippen molar-refractivity contribution in [2.24, 2.45) is 0 Å². The molecule has 0 amide bonds. The number of ether oxygens (including phenoxy) is 1. The zero-order chi connectivity index (χ0) is 13.1. The van der Waals surface area contributed by atoms with Gasteiger partial charge in [-0.15, -0.1) is 0 Å². The predicted octanol–water partition coefficient (Wildman–Crippen LogP) is 3.87. The first-order chi connectivity index (χ1) is 8.61. The zero-order valence-electron chi connectivity index (χ0n) is 10.9. The van der Waals surface area contributed by atoms with E-state index in [9.17, 15) is 4.79 Å². The normalized spacial score (nSPS) is 10.2. The summed E-state index contributed by atoms with van der Waals surface area (Å²) in [4.78, 5) is 11.4. The van der Waals surface area contributed by atoms with Crippen molar-refractivity contribution in [3.63, 3.8) is 0 Å². The van der Waals surface area contributed by atoms with Gasteiger partial charge in [0.25, 0.3) is 0 Å². The number of methoxy groups -OCH3 is 1. The molecule has 0 spiro atoms. The van der Waals surface area contributed by atoms with Crippen LogP contribution in [0.1, 0.15) is 22.8 Å². The number of carbonyl (C=O) groups is 1. The summed E-state index contributed by atoms with van der Waals surface area (Å²) < 4.78 is 5.19. The Morgan fingerprint density at radius 2 is 1.89 bits per heavy atom. The van der Waals surface area contributed by atoms with Crippen molar-refractivity contribution in [3.8, 4) is 16.9 Å². The third-order valence-electron chi connectivity index (χ3n) is 3.01. The smallest absolute Gasteiger partial charge is 0.159 e. The van der Waals surface area contributed by atoms with Gasteiger partial charge in [-0.05, 0) is 48.7 Å². The van der Waals surface area contributed by atoms with Gasteiger partial charge in [-0.1, -0.05) is 24.3 Å². The van der Waals surface area contributed by atoms with Gasteiger partial charge >= 0.3 is 0 Å². The first-order valence-corrected chi connectivity index (χ1v) is 5.88. The van der Waals surface area contributed by atoms with Gasteiger partial charge in [-0.3, -0.25) is 4.79 Å². The van der Waals surface area contributed by atoms with Crippen molar-refractivity contribution >= 4 is 5.78 Å². The van der Waals surface area contributed by atoms with Gasteiger partial charge in [0.15, 0.2) is 5.78 Å². The highest BCUT2D eigenvalue weighted by atomic mass is 16.5. The molecule has 18 heavy (non-hydrogen) atoms. The van der Waals surface area contributed by atoms with Crippen LogP contribution in [0.2, 0.25) is 0 Å². The Morgan fingerprint density at radius 1 is 1.11 bits per heavy atom. The minimum atomic E-state index is 0.0861. The van der Waals surface area contributed by atoms with Crippen molar-refractivity contribution in [3.05, 3.63) is 53.6 Å². The van der Waals surface area contributed by atoms with Crippen LogP contribution in [-0.2, 0) is 0 Å². The third kappa shape index (κ3) is 2.43. The molecule has 0 radical (unpaired) electrons. The van der Waals surface area contributed by atoms with Crippen LogP contribution in [0.3, 0.4) is 0 Å². The van der Waals surface area contributed by atoms with Crippen molar-refractivity contribution < 1.29 is 9.53 Å². The molecule has 2 rings (SSSR count). The third-order valence-corrected chi connectivity index (χ3v) is 3.01. The number of carbonyl (C=O) groups excluding carboxylic acids is 1. The fourth-order valence-corrected chi connectivity index (χ4v) is 1.99. The van der Waals surface area contributed by atoms with Crippen LogP contribution in [0.25, 0.3) is 11.1 Å². The van der Waals surface area contributed by atoms with Crippen LogP contribution in [0, 0.1) is 6.92 Å². The number of benzene rings is 2. The maximum atomic E-state index is 11.4. The highest BCUT2D eigenvalue weighted by molar-refractivity contribution is 5.95. The summed E-state index contributed by atoms with van der Waals surface area (Å²) in [5.74, 6) is 0.932. The quantitative estimate of drug-likeness (QED) is 0.761. The molecule has 2 heteroatoms. The van der Waals surface area contributed by atoms with E-state index >= 15 is 0 Å². The monoisotopic (exact) mass is 240 g/mol. The summed E-state index contributed by atoms with van der Waals surface area (Å²) in [7, 11) is 1.66. The van der Waals surface area contributed by atoms with Crippen LogP contribution >= 0.6 is 0 Å². The SMILES string of the molecule is COc1ccc(-c2cccc(C(C)=O)c2)c(C)c1.